The first-order valence-corrected chi connectivity index (χ1v) is 6.37. The molecule has 1 heterocycles. The Hall–Kier alpha value is -1.89. The van der Waals surface area contributed by atoms with Gasteiger partial charge in [0.1, 0.15) is 5.54 Å². The van der Waals surface area contributed by atoms with E-state index < -0.39 is 17.4 Å². The molecule has 104 valence electrons. The van der Waals surface area contributed by atoms with Crippen molar-refractivity contribution in [2.45, 2.75) is 26.3 Å². The van der Waals surface area contributed by atoms with Gasteiger partial charge in [0.2, 0.25) is 5.91 Å². The van der Waals surface area contributed by atoms with Crippen molar-refractivity contribution in [1.29, 1.82) is 0 Å². The van der Waals surface area contributed by atoms with E-state index in [9.17, 15) is 14.4 Å². The molecule has 0 saturated carbocycles. The number of thiophene rings is 1. The summed E-state index contributed by atoms with van der Waals surface area (Å²) in [6.07, 6.45) is 0. The molecule has 0 aliphatic carbocycles. The number of carbonyl (C=O) groups excluding carboxylic acids is 2. The van der Waals surface area contributed by atoms with Crippen molar-refractivity contribution in [2.24, 2.45) is 0 Å². The number of hydrogen-bond donors (Lipinski definition) is 2. The third-order valence-corrected chi connectivity index (χ3v) is 3.77. The molecule has 2 N–H and O–H groups in total. The number of carboxylic acid groups (broad SMARTS) is 1. The van der Waals surface area contributed by atoms with Crippen LogP contribution in [0.2, 0.25) is 0 Å². The third kappa shape index (κ3) is 3.31. The average Bonchev–Trinajstić information content (AvgIpc) is 2.74. The maximum atomic E-state index is 12.2. The van der Waals surface area contributed by atoms with E-state index in [4.69, 9.17) is 5.11 Å². The summed E-state index contributed by atoms with van der Waals surface area (Å²) in [7, 11) is 1.44. The van der Waals surface area contributed by atoms with Gasteiger partial charge in [-0.05, 0) is 26.0 Å². The van der Waals surface area contributed by atoms with Crippen molar-refractivity contribution < 1.29 is 19.5 Å². The molecule has 1 aromatic heterocycles. The van der Waals surface area contributed by atoms with Gasteiger partial charge in [-0.3, -0.25) is 9.59 Å². The van der Waals surface area contributed by atoms with E-state index in [2.05, 4.69) is 5.32 Å². The van der Waals surface area contributed by atoms with Gasteiger partial charge in [0.05, 0.1) is 9.88 Å². The molecule has 19 heavy (non-hydrogen) atoms. The van der Waals surface area contributed by atoms with Crippen LogP contribution in [0.5, 0.6) is 0 Å². The van der Waals surface area contributed by atoms with E-state index in [1.807, 2.05) is 0 Å². The molecule has 0 bridgehead atoms. The minimum atomic E-state index is -1.30. The number of hydrogen-bond acceptors (Lipinski definition) is 4. The van der Waals surface area contributed by atoms with Crippen molar-refractivity contribution in [3.05, 3.63) is 17.0 Å². The van der Waals surface area contributed by atoms with Crippen LogP contribution in [-0.4, -0.2) is 40.4 Å². The molecule has 0 aliphatic rings. The minimum absolute atomic E-state index is 0.222. The maximum absolute atomic E-state index is 12.2. The summed E-state index contributed by atoms with van der Waals surface area (Å²) in [5, 5.41) is 12.2. The highest BCUT2D eigenvalue weighted by molar-refractivity contribution is 7.18. The predicted octanol–water partition coefficient (Wildman–Crippen LogP) is 1.64. The highest BCUT2D eigenvalue weighted by atomic mass is 32.1. The zero-order chi connectivity index (χ0) is 14.8. The lowest BCUT2D eigenvalue weighted by atomic mass is 10.0. The van der Waals surface area contributed by atoms with Crippen LogP contribution in [0.3, 0.4) is 0 Å². The van der Waals surface area contributed by atoms with Crippen LogP contribution in [0.1, 0.15) is 30.4 Å². The first kappa shape index (κ1) is 15.2. The molecular weight excluding hydrogens is 268 g/mol. The second-order valence-corrected chi connectivity index (χ2v) is 5.66. The Morgan fingerprint density at radius 2 is 1.89 bits per heavy atom. The highest BCUT2D eigenvalue weighted by Crippen LogP contribution is 2.25. The van der Waals surface area contributed by atoms with E-state index in [0.717, 1.165) is 11.3 Å². The van der Waals surface area contributed by atoms with Crippen LogP contribution >= 0.6 is 11.3 Å². The fourth-order valence-electron chi connectivity index (χ4n) is 1.26. The molecule has 1 rings (SSSR count). The highest BCUT2D eigenvalue weighted by Gasteiger charge is 2.36. The van der Waals surface area contributed by atoms with Gasteiger partial charge < -0.3 is 15.3 Å². The zero-order valence-corrected chi connectivity index (χ0v) is 12.0. The second-order valence-electron chi connectivity index (χ2n) is 4.57. The number of aliphatic carboxylic acids is 1. The van der Waals surface area contributed by atoms with E-state index in [-0.39, 0.29) is 5.91 Å². The molecule has 7 heteroatoms. The Balaban J connectivity index is 2.92. The Labute approximate surface area is 115 Å². The van der Waals surface area contributed by atoms with Crippen molar-refractivity contribution >= 4 is 34.1 Å². The van der Waals surface area contributed by atoms with Crippen molar-refractivity contribution in [2.75, 3.05) is 12.4 Å². The van der Waals surface area contributed by atoms with Gasteiger partial charge in [-0.2, -0.15) is 0 Å². The molecule has 0 atom stereocenters. The van der Waals surface area contributed by atoms with Crippen LogP contribution in [-0.2, 0) is 9.59 Å². The fourth-order valence-corrected chi connectivity index (χ4v) is 2.18. The number of carboxylic acids is 1. The van der Waals surface area contributed by atoms with Gasteiger partial charge in [-0.15, -0.1) is 11.3 Å². The maximum Gasteiger partial charge on any atom is 0.329 e. The van der Waals surface area contributed by atoms with E-state index in [0.29, 0.717) is 9.88 Å². The quantitative estimate of drug-likeness (QED) is 0.880. The van der Waals surface area contributed by atoms with Crippen LogP contribution in [0.15, 0.2) is 12.1 Å². The van der Waals surface area contributed by atoms with Crippen LogP contribution in [0, 0.1) is 0 Å². The lowest BCUT2D eigenvalue weighted by molar-refractivity contribution is -0.147. The monoisotopic (exact) mass is 284 g/mol. The second kappa shape index (κ2) is 5.40. The molecule has 0 saturated heterocycles. The lowest BCUT2D eigenvalue weighted by Crippen LogP contribution is -2.50. The number of amides is 2. The summed E-state index contributed by atoms with van der Waals surface area (Å²) in [6, 6.07) is 3.17. The number of anilines is 1. The van der Waals surface area contributed by atoms with E-state index in [1.165, 1.54) is 32.7 Å². The van der Waals surface area contributed by atoms with E-state index in [1.54, 1.807) is 12.1 Å². The number of carbonyl (C=O) groups is 3. The summed E-state index contributed by atoms with van der Waals surface area (Å²) >= 11 is 1.11. The van der Waals surface area contributed by atoms with Crippen LogP contribution in [0.4, 0.5) is 5.00 Å². The van der Waals surface area contributed by atoms with Gasteiger partial charge in [-0.1, -0.05) is 0 Å². The predicted molar refractivity (Wildman–Crippen MR) is 72.4 cm³/mol. The van der Waals surface area contributed by atoms with Crippen LogP contribution < -0.4 is 5.32 Å². The molecule has 0 spiro atoms. The van der Waals surface area contributed by atoms with Gasteiger partial charge in [-0.25, -0.2) is 4.79 Å². The molecular formula is C12H16N2O4S. The van der Waals surface area contributed by atoms with E-state index >= 15 is 0 Å². The molecule has 0 aliphatic heterocycles. The standard InChI is InChI=1S/C12H16N2O4S/c1-7(15)13-9-6-5-8(19-9)10(16)14(4)12(2,3)11(17)18/h5-6H,1-4H3,(H,13,15)(H,17,18). The number of nitrogens with zero attached hydrogens (tertiary/aromatic N) is 1. The summed E-state index contributed by atoms with van der Waals surface area (Å²) in [4.78, 5) is 35.7. The van der Waals surface area contributed by atoms with Crippen molar-refractivity contribution in [1.82, 2.24) is 4.90 Å². The fraction of sp³-hybridized carbons (Fsp3) is 0.417. The smallest absolute Gasteiger partial charge is 0.329 e. The molecule has 2 amide bonds. The summed E-state index contributed by atoms with van der Waals surface area (Å²) < 4.78 is 0. The minimum Gasteiger partial charge on any atom is -0.480 e. The molecule has 0 aromatic carbocycles. The summed E-state index contributed by atoms with van der Waals surface area (Å²) in [5.41, 5.74) is -1.30. The SMILES string of the molecule is CC(=O)Nc1ccc(C(=O)N(C)C(C)(C)C(=O)O)s1. The van der Waals surface area contributed by atoms with Gasteiger partial charge >= 0.3 is 5.97 Å². The zero-order valence-electron chi connectivity index (χ0n) is 11.2. The van der Waals surface area contributed by atoms with Crippen molar-refractivity contribution in [3.8, 4) is 0 Å². The normalized spacial score (nSPS) is 10.9. The number of likely N-dealkylation sites (N-methyl/N-ethyl adjacent to an activating group) is 1. The van der Waals surface area contributed by atoms with Gasteiger partial charge in [0.25, 0.3) is 5.91 Å². The Morgan fingerprint density at radius 1 is 1.32 bits per heavy atom. The first-order valence-electron chi connectivity index (χ1n) is 5.55. The molecule has 6 nitrogen and oxygen atoms in total. The topological polar surface area (TPSA) is 86.7 Å². The number of nitrogens with one attached hydrogen (secondary N) is 1. The van der Waals surface area contributed by atoms with Gasteiger partial charge in [0.15, 0.2) is 0 Å². The average molecular weight is 284 g/mol. The van der Waals surface area contributed by atoms with Crippen molar-refractivity contribution in [3.63, 3.8) is 0 Å². The molecule has 0 unspecified atom stereocenters. The molecule has 1 aromatic rings. The molecule has 0 fully saturated rings. The molecule has 0 radical (unpaired) electrons. The van der Waals surface area contributed by atoms with Crippen LogP contribution in [0.25, 0.3) is 0 Å². The Kier molecular flexibility index (Phi) is 4.31. The summed E-state index contributed by atoms with van der Waals surface area (Å²) in [5.74, 6) is -1.70. The van der Waals surface area contributed by atoms with Gasteiger partial charge in [0, 0.05) is 14.0 Å². The lowest BCUT2D eigenvalue weighted by Gasteiger charge is -2.31. The third-order valence-electron chi connectivity index (χ3n) is 2.78. The Morgan fingerprint density at radius 3 is 2.37 bits per heavy atom. The Bertz CT molecular complexity index is 522. The largest absolute Gasteiger partial charge is 0.480 e. The first-order chi connectivity index (χ1) is 8.66. The number of rotatable bonds is 4. The summed E-state index contributed by atoms with van der Waals surface area (Å²) in [6.45, 7) is 4.28.